The number of hydrogen-bond acceptors (Lipinski definition) is 7. The Balaban J connectivity index is 2.99. The van der Waals surface area contributed by atoms with Gasteiger partial charge in [0.1, 0.15) is 18.1 Å². The molecule has 0 saturated carbocycles. The summed E-state index contributed by atoms with van der Waals surface area (Å²) in [6, 6.07) is -3.84. The molecular formula is C22H40N6O6. The van der Waals surface area contributed by atoms with Crippen LogP contribution in [0.2, 0.25) is 0 Å². The summed E-state index contributed by atoms with van der Waals surface area (Å²) in [6.07, 6.45) is 2.98. The SMILES string of the molecule is CCC(C)C(NC(=O)C(N)CCC(N)=O)C(=O)NC(CCCCN)C(=O)N1CCCC1C(=O)O. The Labute approximate surface area is 200 Å². The van der Waals surface area contributed by atoms with Gasteiger partial charge in [0.05, 0.1) is 6.04 Å². The molecule has 1 rings (SSSR count). The first-order valence-corrected chi connectivity index (χ1v) is 11.9. The van der Waals surface area contributed by atoms with Crippen molar-refractivity contribution in [1.82, 2.24) is 15.5 Å². The molecular weight excluding hydrogens is 444 g/mol. The zero-order valence-electron chi connectivity index (χ0n) is 20.1. The van der Waals surface area contributed by atoms with Crippen LogP contribution in [0.25, 0.3) is 0 Å². The maximum absolute atomic E-state index is 13.2. The zero-order chi connectivity index (χ0) is 25.8. The molecule has 0 spiro atoms. The fourth-order valence-corrected chi connectivity index (χ4v) is 3.89. The summed E-state index contributed by atoms with van der Waals surface area (Å²) in [5, 5.41) is 14.8. The van der Waals surface area contributed by atoms with E-state index in [9.17, 15) is 29.1 Å². The van der Waals surface area contributed by atoms with E-state index in [0.29, 0.717) is 51.6 Å². The van der Waals surface area contributed by atoms with Gasteiger partial charge < -0.3 is 37.8 Å². The number of likely N-dealkylation sites (tertiary alicyclic amines) is 1. The summed E-state index contributed by atoms with van der Waals surface area (Å²) >= 11 is 0. The molecule has 1 saturated heterocycles. The first kappa shape index (κ1) is 29.3. The largest absolute Gasteiger partial charge is 0.480 e. The van der Waals surface area contributed by atoms with E-state index in [4.69, 9.17) is 17.2 Å². The second kappa shape index (κ2) is 14.5. The van der Waals surface area contributed by atoms with Crippen molar-refractivity contribution in [2.75, 3.05) is 13.1 Å². The third-order valence-electron chi connectivity index (χ3n) is 6.21. The molecule has 1 aliphatic rings. The number of carbonyl (C=O) groups is 5. The molecule has 0 bridgehead atoms. The highest BCUT2D eigenvalue weighted by Crippen LogP contribution is 2.20. The lowest BCUT2D eigenvalue weighted by atomic mass is 9.96. The molecule has 0 radical (unpaired) electrons. The molecule has 1 heterocycles. The summed E-state index contributed by atoms with van der Waals surface area (Å²) in [6.45, 7) is 4.37. The number of unbranched alkanes of at least 4 members (excludes halogenated alkanes) is 1. The fourth-order valence-electron chi connectivity index (χ4n) is 3.89. The van der Waals surface area contributed by atoms with Crippen molar-refractivity contribution in [1.29, 1.82) is 0 Å². The Morgan fingerprint density at radius 2 is 1.76 bits per heavy atom. The minimum absolute atomic E-state index is 0.0434. The van der Waals surface area contributed by atoms with Crippen molar-refractivity contribution in [3.05, 3.63) is 0 Å². The number of carboxylic acids is 1. The summed E-state index contributed by atoms with van der Waals surface area (Å²) in [5.74, 6) is -3.54. The molecule has 5 atom stereocenters. The van der Waals surface area contributed by atoms with Gasteiger partial charge in [-0.2, -0.15) is 0 Å². The normalized spacial score (nSPS) is 19.1. The first-order valence-electron chi connectivity index (χ1n) is 11.9. The predicted molar refractivity (Wildman–Crippen MR) is 125 cm³/mol. The summed E-state index contributed by atoms with van der Waals surface area (Å²) < 4.78 is 0. The number of carbonyl (C=O) groups excluding carboxylic acids is 4. The lowest BCUT2D eigenvalue weighted by Crippen LogP contribution is -2.58. The quantitative estimate of drug-likeness (QED) is 0.155. The first-order chi connectivity index (χ1) is 16.0. The minimum atomic E-state index is -1.08. The number of primary amides is 1. The zero-order valence-corrected chi connectivity index (χ0v) is 20.1. The summed E-state index contributed by atoms with van der Waals surface area (Å²) in [4.78, 5) is 62.7. The fraction of sp³-hybridized carbons (Fsp3) is 0.773. The number of hydrogen-bond donors (Lipinski definition) is 6. The second-order valence-electron chi connectivity index (χ2n) is 8.86. The van der Waals surface area contributed by atoms with Gasteiger partial charge in [0.25, 0.3) is 0 Å². The molecule has 0 aromatic rings. The van der Waals surface area contributed by atoms with Crippen LogP contribution in [0.4, 0.5) is 0 Å². The summed E-state index contributed by atoms with van der Waals surface area (Å²) in [5.41, 5.74) is 16.5. The highest BCUT2D eigenvalue weighted by atomic mass is 16.4. The maximum Gasteiger partial charge on any atom is 0.326 e. The van der Waals surface area contributed by atoms with Gasteiger partial charge in [-0.1, -0.05) is 20.3 Å². The molecule has 0 aliphatic carbocycles. The average Bonchev–Trinajstić information content (AvgIpc) is 3.29. The van der Waals surface area contributed by atoms with Crippen LogP contribution in [-0.4, -0.2) is 76.9 Å². The van der Waals surface area contributed by atoms with Gasteiger partial charge in [0.2, 0.25) is 23.6 Å². The highest BCUT2D eigenvalue weighted by Gasteiger charge is 2.38. The van der Waals surface area contributed by atoms with E-state index < -0.39 is 53.8 Å². The number of rotatable bonds is 15. The van der Waals surface area contributed by atoms with Gasteiger partial charge in [-0.3, -0.25) is 19.2 Å². The molecule has 1 aliphatic heterocycles. The van der Waals surface area contributed by atoms with Crippen LogP contribution < -0.4 is 27.8 Å². The van der Waals surface area contributed by atoms with E-state index in [1.807, 2.05) is 6.92 Å². The Kier molecular flexibility index (Phi) is 12.5. The van der Waals surface area contributed by atoms with Crippen LogP contribution in [0.15, 0.2) is 0 Å². The van der Waals surface area contributed by atoms with Crippen molar-refractivity contribution < 1.29 is 29.1 Å². The number of nitrogens with two attached hydrogens (primary N) is 3. The number of aliphatic carboxylic acids is 1. The Morgan fingerprint density at radius 3 is 2.32 bits per heavy atom. The average molecular weight is 485 g/mol. The standard InChI is InChI=1S/C22H40N6O6/c1-3-13(2)18(27-19(30)14(24)9-10-17(25)29)20(31)26-15(7-4-5-11-23)21(32)28-12-6-8-16(28)22(33)34/h13-16,18H,3-12,23-24H2,1-2H3,(H2,25,29)(H,26,31)(H,27,30)(H,33,34). The van der Waals surface area contributed by atoms with Crippen LogP contribution >= 0.6 is 0 Å². The van der Waals surface area contributed by atoms with Gasteiger partial charge >= 0.3 is 5.97 Å². The maximum atomic E-state index is 13.2. The van der Waals surface area contributed by atoms with E-state index in [2.05, 4.69) is 10.6 Å². The molecule has 12 heteroatoms. The highest BCUT2D eigenvalue weighted by molar-refractivity contribution is 5.94. The second-order valence-corrected chi connectivity index (χ2v) is 8.86. The van der Waals surface area contributed by atoms with Crippen molar-refractivity contribution in [3.63, 3.8) is 0 Å². The third-order valence-corrected chi connectivity index (χ3v) is 6.21. The number of amides is 4. The minimum Gasteiger partial charge on any atom is -0.480 e. The van der Waals surface area contributed by atoms with Gasteiger partial charge in [-0.25, -0.2) is 4.79 Å². The van der Waals surface area contributed by atoms with Crippen LogP contribution in [0.1, 0.15) is 65.2 Å². The molecule has 4 amide bonds. The molecule has 5 unspecified atom stereocenters. The Morgan fingerprint density at radius 1 is 1.09 bits per heavy atom. The monoisotopic (exact) mass is 484 g/mol. The van der Waals surface area contributed by atoms with Gasteiger partial charge in [0.15, 0.2) is 0 Å². The lowest BCUT2D eigenvalue weighted by molar-refractivity contribution is -0.149. The van der Waals surface area contributed by atoms with Crippen LogP contribution in [0, 0.1) is 5.92 Å². The Bertz CT molecular complexity index is 733. The van der Waals surface area contributed by atoms with E-state index in [1.54, 1.807) is 6.92 Å². The molecule has 194 valence electrons. The topological polar surface area (TPSA) is 211 Å². The molecule has 1 fully saturated rings. The third kappa shape index (κ3) is 8.90. The van der Waals surface area contributed by atoms with E-state index in [0.717, 1.165) is 0 Å². The van der Waals surface area contributed by atoms with Gasteiger partial charge in [-0.05, 0) is 51.0 Å². The molecule has 9 N–H and O–H groups in total. The van der Waals surface area contributed by atoms with Crippen molar-refractivity contribution in [2.45, 2.75) is 89.4 Å². The van der Waals surface area contributed by atoms with Gasteiger partial charge in [0, 0.05) is 13.0 Å². The molecule has 0 aromatic heterocycles. The van der Waals surface area contributed by atoms with E-state index in [1.165, 1.54) is 4.90 Å². The number of nitrogens with zero attached hydrogens (tertiary/aromatic N) is 1. The van der Waals surface area contributed by atoms with E-state index >= 15 is 0 Å². The molecule has 34 heavy (non-hydrogen) atoms. The number of nitrogens with one attached hydrogen (secondary N) is 2. The predicted octanol–water partition coefficient (Wildman–Crippen LogP) is -1.20. The summed E-state index contributed by atoms with van der Waals surface area (Å²) in [7, 11) is 0. The van der Waals surface area contributed by atoms with Crippen LogP contribution in [-0.2, 0) is 24.0 Å². The molecule has 12 nitrogen and oxygen atoms in total. The van der Waals surface area contributed by atoms with Crippen molar-refractivity contribution in [3.8, 4) is 0 Å². The van der Waals surface area contributed by atoms with Gasteiger partial charge in [-0.15, -0.1) is 0 Å². The smallest absolute Gasteiger partial charge is 0.326 e. The van der Waals surface area contributed by atoms with Crippen LogP contribution in [0.5, 0.6) is 0 Å². The lowest BCUT2D eigenvalue weighted by Gasteiger charge is -2.30. The van der Waals surface area contributed by atoms with Crippen molar-refractivity contribution >= 4 is 29.6 Å². The van der Waals surface area contributed by atoms with E-state index in [-0.39, 0.29) is 18.8 Å². The molecule has 0 aromatic carbocycles. The number of carboxylic acid groups (broad SMARTS) is 1. The van der Waals surface area contributed by atoms with Crippen molar-refractivity contribution in [2.24, 2.45) is 23.1 Å². The Hall–Kier alpha value is -2.73. The van der Waals surface area contributed by atoms with Crippen LogP contribution in [0.3, 0.4) is 0 Å².